The lowest BCUT2D eigenvalue weighted by Crippen LogP contribution is -2.09. The van der Waals surface area contributed by atoms with E-state index in [1.165, 1.54) is 0 Å². The maximum atomic E-state index is 6.01. The van der Waals surface area contributed by atoms with Crippen molar-refractivity contribution >= 4 is 44.7 Å². The van der Waals surface area contributed by atoms with E-state index in [1.54, 1.807) is 0 Å². The van der Waals surface area contributed by atoms with Crippen LogP contribution in [0.25, 0.3) is 11.0 Å². The Kier molecular flexibility index (Phi) is 3.99. The predicted octanol–water partition coefficient (Wildman–Crippen LogP) is 3.70. The summed E-state index contributed by atoms with van der Waals surface area (Å²) in [4.78, 5) is 4.41. The van der Waals surface area contributed by atoms with E-state index in [1.807, 2.05) is 23.9 Å². The first-order valence-corrected chi connectivity index (χ1v) is 7.74. The first-order valence-electron chi connectivity index (χ1n) is 5.55. The summed E-state index contributed by atoms with van der Waals surface area (Å²) in [5, 5.41) is 0. The molecule has 1 aromatic heterocycles. The minimum absolute atomic E-state index is 0.383. The van der Waals surface area contributed by atoms with Gasteiger partial charge < -0.3 is 10.3 Å². The zero-order chi connectivity index (χ0) is 12.4. The molecule has 0 fully saturated rings. The van der Waals surface area contributed by atoms with Gasteiger partial charge in [-0.3, -0.25) is 0 Å². The summed E-state index contributed by atoms with van der Waals surface area (Å²) in [7, 11) is 0. The SMILES string of the molecule is CSCCC(C)n1c(N)nc2cc(Br)ccc21. The van der Waals surface area contributed by atoms with E-state index in [4.69, 9.17) is 5.73 Å². The van der Waals surface area contributed by atoms with Crippen LogP contribution in [0.15, 0.2) is 22.7 Å². The molecule has 1 unspecified atom stereocenters. The van der Waals surface area contributed by atoms with Crippen LogP contribution in [0.5, 0.6) is 0 Å². The molecular weight excluding hydrogens is 298 g/mol. The Balaban J connectivity index is 2.42. The molecule has 1 aromatic carbocycles. The minimum atomic E-state index is 0.383. The maximum absolute atomic E-state index is 6.01. The van der Waals surface area contributed by atoms with Gasteiger partial charge in [-0.1, -0.05) is 15.9 Å². The van der Waals surface area contributed by atoms with Crippen LogP contribution >= 0.6 is 27.7 Å². The maximum Gasteiger partial charge on any atom is 0.201 e. The van der Waals surface area contributed by atoms with Crippen LogP contribution in [0.3, 0.4) is 0 Å². The molecule has 0 aliphatic carbocycles. The van der Waals surface area contributed by atoms with Gasteiger partial charge in [0.15, 0.2) is 0 Å². The Morgan fingerprint density at radius 3 is 3.00 bits per heavy atom. The molecule has 2 aromatic rings. The van der Waals surface area contributed by atoms with Crippen molar-refractivity contribution < 1.29 is 0 Å². The molecule has 0 amide bonds. The van der Waals surface area contributed by atoms with Crippen LogP contribution in [0, 0.1) is 0 Å². The van der Waals surface area contributed by atoms with Crippen molar-refractivity contribution in [2.75, 3.05) is 17.7 Å². The molecule has 1 heterocycles. The smallest absolute Gasteiger partial charge is 0.201 e. The molecule has 0 bridgehead atoms. The second kappa shape index (κ2) is 5.31. The van der Waals surface area contributed by atoms with Gasteiger partial charge in [0, 0.05) is 10.5 Å². The molecule has 0 aliphatic heterocycles. The molecule has 3 nitrogen and oxygen atoms in total. The van der Waals surface area contributed by atoms with E-state index in [-0.39, 0.29) is 0 Å². The van der Waals surface area contributed by atoms with Gasteiger partial charge in [0.1, 0.15) is 0 Å². The number of nitrogen functional groups attached to an aromatic ring is 1. The Morgan fingerprint density at radius 1 is 1.53 bits per heavy atom. The molecule has 0 aliphatic rings. The summed E-state index contributed by atoms with van der Waals surface area (Å²) in [5.74, 6) is 1.74. The Bertz CT molecular complexity index is 524. The number of nitrogens with two attached hydrogens (primary N) is 1. The van der Waals surface area contributed by atoms with Crippen LogP contribution in [0.1, 0.15) is 19.4 Å². The van der Waals surface area contributed by atoms with E-state index >= 15 is 0 Å². The molecule has 0 spiro atoms. The number of anilines is 1. The zero-order valence-electron chi connectivity index (χ0n) is 9.98. The molecule has 0 saturated carbocycles. The van der Waals surface area contributed by atoms with Crippen molar-refractivity contribution in [2.24, 2.45) is 0 Å². The summed E-state index contributed by atoms with van der Waals surface area (Å²) in [6, 6.07) is 6.48. The number of hydrogen-bond donors (Lipinski definition) is 1. The van der Waals surface area contributed by atoms with Crippen LogP contribution in [0.4, 0.5) is 5.95 Å². The molecule has 0 radical (unpaired) electrons. The summed E-state index contributed by atoms with van der Waals surface area (Å²) in [6.45, 7) is 2.19. The largest absolute Gasteiger partial charge is 0.369 e. The highest BCUT2D eigenvalue weighted by Gasteiger charge is 2.13. The second-order valence-electron chi connectivity index (χ2n) is 4.10. The lowest BCUT2D eigenvalue weighted by molar-refractivity contribution is 0.556. The summed E-state index contributed by atoms with van der Waals surface area (Å²) >= 11 is 5.31. The number of hydrogen-bond acceptors (Lipinski definition) is 3. The quantitative estimate of drug-likeness (QED) is 0.936. The molecule has 5 heteroatoms. The van der Waals surface area contributed by atoms with Crippen LogP contribution in [0.2, 0.25) is 0 Å². The number of benzene rings is 1. The molecular formula is C12H16BrN3S. The average molecular weight is 314 g/mol. The van der Waals surface area contributed by atoms with Crippen molar-refractivity contribution in [3.8, 4) is 0 Å². The number of halogens is 1. The monoisotopic (exact) mass is 313 g/mol. The van der Waals surface area contributed by atoms with Crippen molar-refractivity contribution in [2.45, 2.75) is 19.4 Å². The van der Waals surface area contributed by atoms with Crippen LogP contribution in [-0.4, -0.2) is 21.6 Å². The fourth-order valence-electron chi connectivity index (χ4n) is 1.97. The van der Waals surface area contributed by atoms with Gasteiger partial charge in [-0.05, 0) is 43.6 Å². The fraction of sp³-hybridized carbons (Fsp3) is 0.417. The van der Waals surface area contributed by atoms with E-state index < -0.39 is 0 Å². The standard InChI is InChI=1S/C12H16BrN3S/c1-8(5-6-17-2)16-11-4-3-9(13)7-10(11)15-12(16)14/h3-4,7-8H,5-6H2,1-2H3,(H2,14,15). The van der Waals surface area contributed by atoms with Gasteiger partial charge in [-0.2, -0.15) is 11.8 Å². The number of thioether (sulfide) groups is 1. The van der Waals surface area contributed by atoms with Gasteiger partial charge >= 0.3 is 0 Å². The Hall–Kier alpha value is -0.680. The van der Waals surface area contributed by atoms with Crippen molar-refractivity contribution in [1.29, 1.82) is 0 Å². The summed E-state index contributed by atoms with van der Waals surface area (Å²) in [6.07, 6.45) is 3.23. The minimum Gasteiger partial charge on any atom is -0.369 e. The molecule has 2 N–H and O–H groups in total. The average Bonchev–Trinajstić information content (AvgIpc) is 2.61. The third-order valence-electron chi connectivity index (χ3n) is 2.86. The molecule has 2 rings (SSSR count). The third-order valence-corrected chi connectivity index (χ3v) is 4.00. The van der Waals surface area contributed by atoms with Crippen molar-refractivity contribution in [1.82, 2.24) is 9.55 Å². The Morgan fingerprint density at radius 2 is 2.29 bits per heavy atom. The summed E-state index contributed by atoms with van der Waals surface area (Å²) < 4.78 is 3.16. The molecule has 92 valence electrons. The highest BCUT2D eigenvalue weighted by atomic mass is 79.9. The second-order valence-corrected chi connectivity index (χ2v) is 6.00. The number of imidazole rings is 1. The van der Waals surface area contributed by atoms with Crippen molar-refractivity contribution in [3.63, 3.8) is 0 Å². The lowest BCUT2D eigenvalue weighted by Gasteiger charge is -2.15. The van der Waals surface area contributed by atoms with E-state index in [9.17, 15) is 0 Å². The van der Waals surface area contributed by atoms with Gasteiger partial charge in [-0.25, -0.2) is 4.98 Å². The molecule has 0 saturated heterocycles. The Labute approximate surface area is 114 Å². The number of aromatic nitrogens is 2. The van der Waals surface area contributed by atoms with Gasteiger partial charge in [0.25, 0.3) is 0 Å². The number of nitrogens with zero attached hydrogens (tertiary/aromatic N) is 2. The van der Waals surface area contributed by atoms with Gasteiger partial charge in [0.05, 0.1) is 11.0 Å². The highest BCUT2D eigenvalue weighted by molar-refractivity contribution is 9.10. The lowest BCUT2D eigenvalue weighted by atomic mass is 10.2. The zero-order valence-corrected chi connectivity index (χ0v) is 12.4. The van der Waals surface area contributed by atoms with Crippen molar-refractivity contribution in [3.05, 3.63) is 22.7 Å². The van der Waals surface area contributed by atoms with Crippen LogP contribution < -0.4 is 5.73 Å². The topological polar surface area (TPSA) is 43.8 Å². The first-order chi connectivity index (χ1) is 8.13. The normalized spacial score (nSPS) is 13.1. The number of fused-ring (bicyclic) bond motifs is 1. The van der Waals surface area contributed by atoms with Gasteiger partial charge in [0.2, 0.25) is 5.95 Å². The highest BCUT2D eigenvalue weighted by Crippen LogP contribution is 2.27. The molecule has 17 heavy (non-hydrogen) atoms. The van der Waals surface area contributed by atoms with Gasteiger partial charge in [-0.15, -0.1) is 0 Å². The predicted molar refractivity (Wildman–Crippen MR) is 79.6 cm³/mol. The molecule has 1 atom stereocenters. The number of rotatable bonds is 4. The van der Waals surface area contributed by atoms with E-state index in [0.29, 0.717) is 12.0 Å². The van der Waals surface area contributed by atoms with Crippen LogP contribution in [-0.2, 0) is 0 Å². The van der Waals surface area contributed by atoms with E-state index in [0.717, 1.165) is 27.7 Å². The fourth-order valence-corrected chi connectivity index (χ4v) is 2.90. The van der Waals surface area contributed by atoms with E-state index in [2.05, 4.69) is 44.7 Å². The summed E-state index contributed by atoms with van der Waals surface area (Å²) in [5.41, 5.74) is 8.07. The third kappa shape index (κ3) is 2.60. The first kappa shape index (κ1) is 12.8.